The highest BCUT2D eigenvalue weighted by Gasteiger charge is 2.35. The van der Waals surface area contributed by atoms with Crippen LogP contribution in [0.3, 0.4) is 0 Å². The number of hydrogen-bond donors (Lipinski definition) is 0. The molecule has 1 amide bonds. The summed E-state index contributed by atoms with van der Waals surface area (Å²) in [7, 11) is 0. The van der Waals surface area contributed by atoms with Gasteiger partial charge in [0.15, 0.2) is 0 Å². The summed E-state index contributed by atoms with van der Waals surface area (Å²) < 4.78 is 0. The van der Waals surface area contributed by atoms with E-state index in [0.717, 1.165) is 19.4 Å². The highest BCUT2D eigenvalue weighted by molar-refractivity contribution is 5.82. The van der Waals surface area contributed by atoms with Crippen LogP contribution in [0.2, 0.25) is 0 Å². The van der Waals surface area contributed by atoms with E-state index >= 15 is 0 Å². The van der Waals surface area contributed by atoms with Gasteiger partial charge >= 0.3 is 0 Å². The van der Waals surface area contributed by atoms with Gasteiger partial charge in [-0.25, -0.2) is 0 Å². The number of carbonyl (C=O) groups excluding carboxylic acids is 1. The Morgan fingerprint density at radius 3 is 2.59 bits per heavy atom. The van der Waals surface area contributed by atoms with Crippen molar-refractivity contribution in [3.8, 4) is 0 Å². The SMILES string of the molecule is CC(C)(C)C(=O)N1CCCC1c1ccncc1. The fourth-order valence-corrected chi connectivity index (χ4v) is 2.37. The summed E-state index contributed by atoms with van der Waals surface area (Å²) in [6, 6.07) is 4.27. The lowest BCUT2D eigenvalue weighted by molar-refractivity contribution is -0.140. The van der Waals surface area contributed by atoms with Crippen LogP contribution in [-0.4, -0.2) is 22.3 Å². The van der Waals surface area contributed by atoms with Crippen molar-refractivity contribution >= 4 is 5.91 Å². The van der Waals surface area contributed by atoms with E-state index in [0.29, 0.717) is 0 Å². The Morgan fingerprint density at radius 2 is 2.00 bits per heavy atom. The van der Waals surface area contributed by atoms with Gasteiger partial charge in [-0.3, -0.25) is 9.78 Å². The minimum Gasteiger partial charge on any atom is -0.335 e. The van der Waals surface area contributed by atoms with E-state index in [1.165, 1.54) is 5.56 Å². The average Bonchev–Trinajstić information content (AvgIpc) is 2.76. The molecule has 92 valence electrons. The zero-order valence-corrected chi connectivity index (χ0v) is 10.8. The molecule has 0 aromatic carbocycles. The lowest BCUT2D eigenvalue weighted by atomic mass is 9.93. The fourth-order valence-electron chi connectivity index (χ4n) is 2.37. The Labute approximate surface area is 103 Å². The molecular weight excluding hydrogens is 212 g/mol. The lowest BCUT2D eigenvalue weighted by Gasteiger charge is -2.31. The molecule has 0 N–H and O–H groups in total. The first-order valence-corrected chi connectivity index (χ1v) is 6.21. The van der Waals surface area contributed by atoms with Crippen molar-refractivity contribution in [2.24, 2.45) is 5.41 Å². The first kappa shape index (κ1) is 12.1. The molecule has 2 heterocycles. The first-order valence-electron chi connectivity index (χ1n) is 6.21. The highest BCUT2D eigenvalue weighted by atomic mass is 16.2. The molecule has 3 heteroatoms. The monoisotopic (exact) mass is 232 g/mol. The summed E-state index contributed by atoms with van der Waals surface area (Å²) in [5.74, 6) is 0.247. The van der Waals surface area contributed by atoms with Gasteiger partial charge < -0.3 is 4.90 Å². The predicted octanol–water partition coefficient (Wildman–Crippen LogP) is 2.79. The van der Waals surface area contributed by atoms with Gasteiger partial charge in [-0.15, -0.1) is 0 Å². The van der Waals surface area contributed by atoms with E-state index in [4.69, 9.17) is 0 Å². The standard InChI is InChI=1S/C14H20N2O/c1-14(2,3)13(17)16-10-4-5-12(16)11-6-8-15-9-7-11/h6-9,12H,4-5,10H2,1-3H3. The number of amides is 1. The molecule has 0 spiro atoms. The molecule has 1 aliphatic rings. The second-order valence-electron chi connectivity index (χ2n) is 5.69. The number of pyridine rings is 1. The molecule has 1 saturated heterocycles. The maximum absolute atomic E-state index is 12.4. The Morgan fingerprint density at radius 1 is 1.35 bits per heavy atom. The van der Waals surface area contributed by atoms with Crippen molar-refractivity contribution in [1.29, 1.82) is 0 Å². The molecule has 0 saturated carbocycles. The van der Waals surface area contributed by atoms with E-state index in [1.54, 1.807) is 12.4 Å². The Kier molecular flexibility index (Phi) is 3.18. The third-order valence-electron chi connectivity index (χ3n) is 3.25. The average molecular weight is 232 g/mol. The van der Waals surface area contributed by atoms with Crippen molar-refractivity contribution < 1.29 is 4.79 Å². The molecule has 1 atom stereocenters. The molecule has 1 fully saturated rings. The lowest BCUT2D eigenvalue weighted by Crippen LogP contribution is -2.38. The van der Waals surface area contributed by atoms with Crippen LogP contribution in [-0.2, 0) is 4.79 Å². The van der Waals surface area contributed by atoms with E-state index in [9.17, 15) is 4.79 Å². The smallest absolute Gasteiger partial charge is 0.228 e. The maximum Gasteiger partial charge on any atom is 0.228 e. The van der Waals surface area contributed by atoms with Crippen LogP contribution >= 0.6 is 0 Å². The third kappa shape index (κ3) is 2.48. The number of aromatic nitrogens is 1. The van der Waals surface area contributed by atoms with Crippen molar-refractivity contribution in [2.75, 3.05) is 6.54 Å². The minimum atomic E-state index is -0.296. The molecule has 0 aliphatic carbocycles. The molecule has 3 nitrogen and oxygen atoms in total. The van der Waals surface area contributed by atoms with Crippen LogP contribution in [0.15, 0.2) is 24.5 Å². The Balaban J connectivity index is 2.22. The van der Waals surface area contributed by atoms with Gasteiger partial charge in [0.1, 0.15) is 0 Å². The molecule has 1 unspecified atom stereocenters. The number of hydrogen-bond acceptors (Lipinski definition) is 2. The van der Waals surface area contributed by atoms with Crippen molar-refractivity contribution in [1.82, 2.24) is 9.88 Å². The summed E-state index contributed by atoms with van der Waals surface area (Å²) in [5, 5.41) is 0. The number of likely N-dealkylation sites (tertiary alicyclic amines) is 1. The summed E-state index contributed by atoms with van der Waals surface area (Å²) in [6.45, 7) is 6.83. The van der Waals surface area contributed by atoms with Crippen molar-refractivity contribution in [2.45, 2.75) is 39.7 Å². The second-order valence-corrected chi connectivity index (χ2v) is 5.69. The summed E-state index contributed by atoms with van der Waals surface area (Å²) >= 11 is 0. The van der Waals surface area contributed by atoms with Gasteiger partial charge in [0.05, 0.1) is 6.04 Å². The first-order chi connectivity index (χ1) is 8.00. The van der Waals surface area contributed by atoms with E-state index in [2.05, 4.69) is 4.98 Å². The van der Waals surface area contributed by atoms with Crippen LogP contribution < -0.4 is 0 Å². The van der Waals surface area contributed by atoms with Gasteiger partial charge in [-0.1, -0.05) is 20.8 Å². The summed E-state index contributed by atoms with van der Waals surface area (Å²) in [6.07, 6.45) is 5.75. The predicted molar refractivity (Wildman–Crippen MR) is 67.4 cm³/mol. The fraction of sp³-hybridized carbons (Fsp3) is 0.571. The molecular formula is C14H20N2O. The Bertz CT molecular complexity index is 394. The molecule has 1 aromatic heterocycles. The normalized spacial score (nSPS) is 20.6. The van der Waals surface area contributed by atoms with Gasteiger partial charge in [0.25, 0.3) is 0 Å². The van der Waals surface area contributed by atoms with Crippen LogP contribution in [0, 0.1) is 5.41 Å². The number of nitrogens with zero attached hydrogens (tertiary/aromatic N) is 2. The van der Waals surface area contributed by atoms with Gasteiger partial charge in [0, 0.05) is 24.4 Å². The van der Waals surface area contributed by atoms with E-state index < -0.39 is 0 Å². The summed E-state index contributed by atoms with van der Waals surface area (Å²) in [4.78, 5) is 18.4. The quantitative estimate of drug-likeness (QED) is 0.746. The molecule has 17 heavy (non-hydrogen) atoms. The second kappa shape index (κ2) is 4.47. The maximum atomic E-state index is 12.4. The minimum absolute atomic E-state index is 0.240. The molecule has 1 aliphatic heterocycles. The van der Waals surface area contributed by atoms with Gasteiger partial charge in [0.2, 0.25) is 5.91 Å². The van der Waals surface area contributed by atoms with Crippen molar-refractivity contribution in [3.05, 3.63) is 30.1 Å². The van der Waals surface area contributed by atoms with Gasteiger partial charge in [-0.2, -0.15) is 0 Å². The van der Waals surface area contributed by atoms with Crippen molar-refractivity contribution in [3.63, 3.8) is 0 Å². The highest BCUT2D eigenvalue weighted by Crippen LogP contribution is 2.34. The van der Waals surface area contributed by atoms with Gasteiger partial charge in [-0.05, 0) is 30.5 Å². The zero-order chi connectivity index (χ0) is 12.5. The van der Waals surface area contributed by atoms with Crippen LogP contribution in [0.25, 0.3) is 0 Å². The van der Waals surface area contributed by atoms with Crippen LogP contribution in [0.4, 0.5) is 0 Å². The third-order valence-corrected chi connectivity index (χ3v) is 3.25. The topological polar surface area (TPSA) is 33.2 Å². The molecule has 1 aromatic rings. The largest absolute Gasteiger partial charge is 0.335 e. The molecule has 0 bridgehead atoms. The number of rotatable bonds is 1. The molecule has 2 rings (SSSR count). The van der Waals surface area contributed by atoms with Crippen LogP contribution in [0.5, 0.6) is 0 Å². The summed E-state index contributed by atoms with van der Waals surface area (Å²) in [5.41, 5.74) is 0.908. The van der Waals surface area contributed by atoms with E-state index in [-0.39, 0.29) is 17.4 Å². The molecule has 0 radical (unpaired) electrons. The number of carbonyl (C=O) groups is 1. The zero-order valence-electron chi connectivity index (χ0n) is 10.8. The van der Waals surface area contributed by atoms with E-state index in [1.807, 2.05) is 37.8 Å². The van der Waals surface area contributed by atoms with Crippen LogP contribution in [0.1, 0.15) is 45.2 Å². The Hall–Kier alpha value is -1.38.